The fraction of sp³-hybridized carbons (Fsp3) is 0.700. The summed E-state index contributed by atoms with van der Waals surface area (Å²) in [6.07, 6.45) is 3.43. The number of nitrogens with one attached hydrogen (secondary N) is 1. The molecule has 1 aliphatic heterocycles. The van der Waals surface area contributed by atoms with Crippen molar-refractivity contribution in [1.29, 1.82) is 0 Å². The smallest absolute Gasteiger partial charge is 0.284 e. The topological polar surface area (TPSA) is 58.1 Å². The van der Waals surface area contributed by atoms with Crippen LogP contribution in [0.1, 0.15) is 36.0 Å². The largest absolute Gasteiger partial charge is 0.360 e. The number of likely N-dealkylation sites (tertiary alicyclic amines) is 1. The summed E-state index contributed by atoms with van der Waals surface area (Å²) in [5, 5.41) is 12.1. The van der Waals surface area contributed by atoms with E-state index in [0.29, 0.717) is 5.01 Å². The van der Waals surface area contributed by atoms with Gasteiger partial charge >= 0.3 is 0 Å². The predicted molar refractivity (Wildman–Crippen MR) is 63.8 cm³/mol. The van der Waals surface area contributed by atoms with E-state index in [-0.39, 0.29) is 5.91 Å². The van der Waals surface area contributed by atoms with Gasteiger partial charge in [0.25, 0.3) is 5.91 Å². The zero-order chi connectivity index (χ0) is 11.4. The second-order valence-electron chi connectivity index (χ2n) is 3.80. The highest BCUT2D eigenvalue weighted by atomic mass is 32.1. The molecule has 0 aromatic carbocycles. The number of anilines is 1. The second kappa shape index (κ2) is 5.25. The molecule has 88 valence electrons. The fourth-order valence-electron chi connectivity index (χ4n) is 1.76. The number of carbonyl (C=O) groups is 1. The van der Waals surface area contributed by atoms with Gasteiger partial charge in [-0.25, -0.2) is 0 Å². The van der Waals surface area contributed by atoms with Crippen LogP contribution in [0.2, 0.25) is 0 Å². The SMILES string of the molecule is CCNc1nnc(C(=O)N2CCCCC2)s1. The average Bonchev–Trinajstić information content (AvgIpc) is 2.78. The maximum Gasteiger partial charge on any atom is 0.284 e. The van der Waals surface area contributed by atoms with Crippen molar-refractivity contribution in [3.63, 3.8) is 0 Å². The summed E-state index contributed by atoms with van der Waals surface area (Å²) in [6, 6.07) is 0. The van der Waals surface area contributed by atoms with Gasteiger partial charge in [-0.05, 0) is 26.2 Å². The molecule has 1 saturated heterocycles. The van der Waals surface area contributed by atoms with Crippen LogP contribution >= 0.6 is 11.3 Å². The average molecular weight is 240 g/mol. The zero-order valence-corrected chi connectivity index (χ0v) is 10.2. The second-order valence-corrected chi connectivity index (χ2v) is 4.77. The minimum Gasteiger partial charge on any atom is -0.360 e. The molecule has 16 heavy (non-hydrogen) atoms. The molecule has 1 N–H and O–H groups in total. The van der Waals surface area contributed by atoms with Crippen LogP contribution in [0.15, 0.2) is 0 Å². The molecular weight excluding hydrogens is 224 g/mol. The Bertz CT molecular complexity index is 359. The maximum atomic E-state index is 12.0. The molecule has 5 nitrogen and oxygen atoms in total. The van der Waals surface area contributed by atoms with E-state index in [4.69, 9.17) is 0 Å². The van der Waals surface area contributed by atoms with Gasteiger partial charge in [-0.2, -0.15) is 0 Å². The van der Waals surface area contributed by atoms with Gasteiger partial charge in [0.1, 0.15) is 0 Å². The van der Waals surface area contributed by atoms with Gasteiger partial charge in [-0.3, -0.25) is 4.79 Å². The summed E-state index contributed by atoms with van der Waals surface area (Å²) in [4.78, 5) is 13.9. The van der Waals surface area contributed by atoms with E-state index in [1.807, 2.05) is 11.8 Å². The highest BCUT2D eigenvalue weighted by Crippen LogP contribution is 2.18. The van der Waals surface area contributed by atoms with Crippen molar-refractivity contribution in [2.24, 2.45) is 0 Å². The van der Waals surface area contributed by atoms with Crippen LogP contribution in [-0.4, -0.2) is 40.6 Å². The molecule has 1 aliphatic rings. The number of nitrogens with zero attached hydrogens (tertiary/aromatic N) is 3. The molecule has 0 atom stereocenters. The Morgan fingerprint density at radius 2 is 2.12 bits per heavy atom. The third-order valence-electron chi connectivity index (χ3n) is 2.58. The van der Waals surface area contributed by atoms with Gasteiger partial charge in [0.2, 0.25) is 10.1 Å². The summed E-state index contributed by atoms with van der Waals surface area (Å²) < 4.78 is 0. The molecule has 0 aliphatic carbocycles. The third-order valence-corrected chi connectivity index (χ3v) is 3.45. The Morgan fingerprint density at radius 1 is 1.38 bits per heavy atom. The molecule has 0 saturated carbocycles. The van der Waals surface area contributed by atoms with Crippen molar-refractivity contribution < 1.29 is 4.79 Å². The molecular formula is C10H16N4OS. The first-order valence-electron chi connectivity index (χ1n) is 5.68. The Hall–Kier alpha value is -1.17. The van der Waals surface area contributed by atoms with Crippen molar-refractivity contribution >= 4 is 22.4 Å². The van der Waals surface area contributed by atoms with Crippen LogP contribution < -0.4 is 5.32 Å². The van der Waals surface area contributed by atoms with Gasteiger partial charge in [-0.15, -0.1) is 10.2 Å². The van der Waals surface area contributed by atoms with Crippen LogP contribution in [0.4, 0.5) is 5.13 Å². The van der Waals surface area contributed by atoms with Crippen LogP contribution in [0.25, 0.3) is 0 Å². The summed E-state index contributed by atoms with van der Waals surface area (Å²) in [5.74, 6) is 0.0290. The molecule has 2 heterocycles. The first-order chi connectivity index (χ1) is 7.81. The minimum absolute atomic E-state index is 0.0290. The maximum absolute atomic E-state index is 12.0. The summed E-state index contributed by atoms with van der Waals surface area (Å²) in [5.41, 5.74) is 0. The molecule has 0 spiro atoms. The lowest BCUT2D eigenvalue weighted by Crippen LogP contribution is -2.35. The first kappa shape index (κ1) is 11.3. The number of hydrogen-bond acceptors (Lipinski definition) is 5. The number of amides is 1. The lowest BCUT2D eigenvalue weighted by molar-refractivity contribution is 0.0723. The number of hydrogen-bond donors (Lipinski definition) is 1. The van der Waals surface area contributed by atoms with E-state index < -0.39 is 0 Å². The highest BCUT2D eigenvalue weighted by Gasteiger charge is 2.21. The molecule has 0 bridgehead atoms. The van der Waals surface area contributed by atoms with Gasteiger partial charge in [-0.1, -0.05) is 11.3 Å². The third kappa shape index (κ3) is 2.49. The van der Waals surface area contributed by atoms with Crippen LogP contribution in [0.5, 0.6) is 0 Å². The Morgan fingerprint density at radius 3 is 2.81 bits per heavy atom. The summed E-state index contributed by atoms with van der Waals surface area (Å²) in [7, 11) is 0. The number of rotatable bonds is 3. The highest BCUT2D eigenvalue weighted by molar-refractivity contribution is 7.17. The summed E-state index contributed by atoms with van der Waals surface area (Å²) in [6.45, 7) is 4.50. The molecule has 2 rings (SSSR count). The van der Waals surface area contributed by atoms with E-state index >= 15 is 0 Å². The van der Waals surface area contributed by atoms with Crippen molar-refractivity contribution in [2.75, 3.05) is 25.0 Å². The monoisotopic (exact) mass is 240 g/mol. The minimum atomic E-state index is 0.0290. The van der Waals surface area contributed by atoms with E-state index in [2.05, 4.69) is 15.5 Å². The van der Waals surface area contributed by atoms with Gasteiger partial charge in [0.15, 0.2) is 0 Å². The number of aromatic nitrogens is 2. The van der Waals surface area contributed by atoms with Crippen molar-refractivity contribution in [3.8, 4) is 0 Å². The number of carbonyl (C=O) groups excluding carboxylic acids is 1. The van der Waals surface area contributed by atoms with E-state index in [1.165, 1.54) is 17.8 Å². The van der Waals surface area contributed by atoms with Crippen LogP contribution in [0, 0.1) is 0 Å². The Kier molecular flexibility index (Phi) is 3.71. The molecule has 6 heteroatoms. The van der Waals surface area contributed by atoms with Crippen LogP contribution in [0.3, 0.4) is 0 Å². The van der Waals surface area contributed by atoms with Crippen LogP contribution in [-0.2, 0) is 0 Å². The summed E-state index contributed by atoms with van der Waals surface area (Å²) >= 11 is 1.33. The first-order valence-corrected chi connectivity index (χ1v) is 6.49. The molecule has 1 aromatic heterocycles. The molecule has 1 aromatic rings. The van der Waals surface area contributed by atoms with Gasteiger partial charge in [0, 0.05) is 19.6 Å². The molecule has 1 amide bonds. The Balaban J connectivity index is 2.01. The zero-order valence-electron chi connectivity index (χ0n) is 9.40. The van der Waals surface area contributed by atoms with E-state index in [0.717, 1.165) is 37.6 Å². The van der Waals surface area contributed by atoms with E-state index in [1.54, 1.807) is 0 Å². The van der Waals surface area contributed by atoms with Crippen molar-refractivity contribution in [3.05, 3.63) is 5.01 Å². The van der Waals surface area contributed by atoms with Crippen molar-refractivity contribution in [1.82, 2.24) is 15.1 Å². The molecule has 0 radical (unpaired) electrons. The van der Waals surface area contributed by atoms with Gasteiger partial charge in [0.05, 0.1) is 0 Å². The quantitative estimate of drug-likeness (QED) is 0.871. The van der Waals surface area contributed by atoms with E-state index in [9.17, 15) is 4.79 Å². The van der Waals surface area contributed by atoms with Crippen molar-refractivity contribution in [2.45, 2.75) is 26.2 Å². The lowest BCUT2D eigenvalue weighted by atomic mass is 10.1. The Labute approximate surface area is 98.9 Å². The lowest BCUT2D eigenvalue weighted by Gasteiger charge is -2.25. The predicted octanol–water partition coefficient (Wildman–Crippen LogP) is 1.60. The molecule has 0 unspecified atom stereocenters. The normalized spacial score (nSPS) is 16.2. The molecule has 1 fully saturated rings. The van der Waals surface area contributed by atoms with Gasteiger partial charge < -0.3 is 10.2 Å². The fourth-order valence-corrected chi connectivity index (χ4v) is 2.54. The number of piperidine rings is 1. The standard InChI is InChI=1S/C10H16N4OS/c1-2-11-10-13-12-8(16-10)9(15)14-6-4-3-5-7-14/h2-7H2,1H3,(H,11,13).